The highest BCUT2D eigenvalue weighted by Gasteiger charge is 2.38. The first-order valence-corrected chi connectivity index (χ1v) is 8.24. The van der Waals surface area contributed by atoms with Crippen LogP contribution < -0.4 is 4.90 Å². The number of thiol groups is 1. The fraction of sp³-hybridized carbons (Fsp3) is 0.500. The van der Waals surface area contributed by atoms with E-state index < -0.39 is 12.0 Å². The molecule has 0 amide bonds. The number of alkyl halides is 3. The highest BCUT2D eigenvalue weighted by atomic mass is 32.1. The first-order chi connectivity index (χ1) is 11.2. The largest absolute Gasteiger partial charge is 0.453 e. The van der Waals surface area contributed by atoms with Crippen molar-refractivity contribution in [2.45, 2.75) is 43.2 Å². The maximum Gasteiger partial charge on any atom is 0.453 e. The maximum atomic E-state index is 13.0. The van der Waals surface area contributed by atoms with Gasteiger partial charge in [-0.25, -0.2) is 0 Å². The molecule has 130 valence electrons. The van der Waals surface area contributed by atoms with E-state index in [9.17, 15) is 13.2 Å². The maximum absolute atomic E-state index is 13.0. The second-order valence-corrected chi connectivity index (χ2v) is 6.69. The van der Waals surface area contributed by atoms with Crippen LogP contribution in [0.25, 0.3) is 5.69 Å². The van der Waals surface area contributed by atoms with Gasteiger partial charge in [-0.3, -0.25) is 0 Å². The van der Waals surface area contributed by atoms with Crippen molar-refractivity contribution in [3.05, 3.63) is 29.1 Å². The van der Waals surface area contributed by atoms with E-state index in [4.69, 9.17) is 0 Å². The Balaban J connectivity index is 2.17. The number of anilines is 1. The molecule has 0 spiro atoms. The molecule has 0 bridgehead atoms. The summed E-state index contributed by atoms with van der Waals surface area (Å²) in [5.74, 6) is -0.476. The molecule has 1 aliphatic carbocycles. The summed E-state index contributed by atoms with van der Waals surface area (Å²) in [6, 6.07) is 3.85. The summed E-state index contributed by atoms with van der Waals surface area (Å²) in [5, 5.41) is 3.72. The minimum atomic E-state index is -4.58. The Hall–Kier alpha value is -1.70. The molecule has 1 aliphatic rings. The minimum Gasteiger partial charge on any atom is -0.347 e. The van der Waals surface area contributed by atoms with Crippen molar-refractivity contribution < 1.29 is 13.2 Å². The lowest BCUT2D eigenvalue weighted by Gasteiger charge is -2.17. The summed E-state index contributed by atoms with van der Waals surface area (Å²) < 4.78 is 40.3. The molecule has 1 fully saturated rings. The lowest BCUT2D eigenvalue weighted by Crippen LogP contribution is -2.16. The molecule has 4 nitrogen and oxygen atoms in total. The lowest BCUT2D eigenvalue weighted by atomic mass is 10.0. The van der Waals surface area contributed by atoms with Gasteiger partial charge in [0.25, 0.3) is 5.82 Å². The van der Waals surface area contributed by atoms with Crippen molar-refractivity contribution >= 4 is 18.6 Å². The SMILES string of the molecule is CCc1cc(C2CC2)c(S)cc1-n1nc(C(F)(F)F)nc1N(C)C. The molecular weight excluding hydrogens is 337 g/mol. The van der Waals surface area contributed by atoms with Gasteiger partial charge in [-0.2, -0.15) is 22.8 Å². The van der Waals surface area contributed by atoms with Crippen molar-refractivity contribution in [2.24, 2.45) is 0 Å². The summed E-state index contributed by atoms with van der Waals surface area (Å²) in [5.41, 5.74) is 2.71. The third kappa shape index (κ3) is 3.11. The van der Waals surface area contributed by atoms with E-state index in [0.717, 1.165) is 23.3 Å². The Labute approximate surface area is 144 Å². The first kappa shape index (κ1) is 17.1. The predicted octanol–water partition coefficient (Wildman–Crippen LogP) is 4.08. The quantitative estimate of drug-likeness (QED) is 0.838. The average molecular weight is 356 g/mol. The van der Waals surface area contributed by atoms with Crippen LogP contribution in [0.5, 0.6) is 0 Å². The Kier molecular flexibility index (Phi) is 4.27. The Morgan fingerprint density at radius 3 is 2.46 bits per heavy atom. The van der Waals surface area contributed by atoms with E-state index in [1.165, 1.54) is 15.1 Å². The zero-order chi connectivity index (χ0) is 17.6. The molecule has 1 aromatic heterocycles. The molecule has 1 saturated carbocycles. The number of halogens is 3. The van der Waals surface area contributed by atoms with Gasteiger partial charge in [-0.1, -0.05) is 13.0 Å². The molecule has 3 rings (SSSR count). The molecule has 0 unspecified atom stereocenters. The number of aryl methyl sites for hydroxylation is 1. The topological polar surface area (TPSA) is 34.0 Å². The van der Waals surface area contributed by atoms with E-state index in [-0.39, 0.29) is 5.95 Å². The smallest absolute Gasteiger partial charge is 0.347 e. The van der Waals surface area contributed by atoms with Crippen LogP contribution in [0.4, 0.5) is 19.1 Å². The van der Waals surface area contributed by atoms with Gasteiger partial charge in [0.05, 0.1) is 5.69 Å². The average Bonchev–Trinajstić information content (AvgIpc) is 3.22. The molecule has 0 saturated heterocycles. The van der Waals surface area contributed by atoms with Gasteiger partial charge < -0.3 is 4.90 Å². The fourth-order valence-electron chi connectivity index (χ4n) is 2.72. The van der Waals surface area contributed by atoms with Crippen LogP contribution in [0, 0.1) is 0 Å². The Morgan fingerprint density at radius 2 is 1.96 bits per heavy atom. The van der Waals surface area contributed by atoms with Gasteiger partial charge in [-0.05, 0) is 42.4 Å². The van der Waals surface area contributed by atoms with Crippen LogP contribution in [0.3, 0.4) is 0 Å². The van der Waals surface area contributed by atoms with E-state index in [2.05, 4.69) is 22.7 Å². The van der Waals surface area contributed by atoms with Crippen molar-refractivity contribution in [3.8, 4) is 5.69 Å². The number of hydrogen-bond donors (Lipinski definition) is 1. The molecule has 0 radical (unpaired) electrons. The van der Waals surface area contributed by atoms with Crippen LogP contribution >= 0.6 is 12.6 Å². The number of hydrogen-bond acceptors (Lipinski definition) is 4. The molecule has 0 N–H and O–H groups in total. The fourth-order valence-corrected chi connectivity index (χ4v) is 3.09. The molecular formula is C16H19F3N4S. The Morgan fingerprint density at radius 1 is 1.29 bits per heavy atom. The van der Waals surface area contributed by atoms with Gasteiger partial charge >= 0.3 is 6.18 Å². The molecule has 2 aromatic rings. The third-order valence-electron chi connectivity index (χ3n) is 4.10. The van der Waals surface area contributed by atoms with Crippen LogP contribution in [0.15, 0.2) is 17.0 Å². The highest BCUT2D eigenvalue weighted by molar-refractivity contribution is 7.80. The zero-order valence-corrected chi connectivity index (χ0v) is 14.6. The van der Waals surface area contributed by atoms with E-state index in [1.807, 2.05) is 13.0 Å². The number of benzene rings is 1. The van der Waals surface area contributed by atoms with Crippen LogP contribution in [-0.2, 0) is 12.6 Å². The summed E-state index contributed by atoms with van der Waals surface area (Å²) in [7, 11) is 3.29. The summed E-state index contributed by atoms with van der Waals surface area (Å²) in [6.07, 6.45) is -1.61. The Bertz CT molecular complexity index is 763. The van der Waals surface area contributed by atoms with Gasteiger partial charge in [-0.15, -0.1) is 17.7 Å². The van der Waals surface area contributed by atoms with Gasteiger partial charge in [0.1, 0.15) is 0 Å². The molecule has 1 heterocycles. The van der Waals surface area contributed by atoms with Crippen LogP contribution in [0.1, 0.15) is 42.6 Å². The third-order valence-corrected chi connectivity index (χ3v) is 4.49. The monoisotopic (exact) mass is 356 g/mol. The number of nitrogens with zero attached hydrogens (tertiary/aromatic N) is 4. The van der Waals surface area contributed by atoms with Crippen LogP contribution in [-0.4, -0.2) is 28.9 Å². The van der Waals surface area contributed by atoms with Crippen molar-refractivity contribution in [1.82, 2.24) is 14.8 Å². The van der Waals surface area contributed by atoms with E-state index >= 15 is 0 Å². The van der Waals surface area contributed by atoms with Gasteiger partial charge in [0.15, 0.2) is 0 Å². The summed E-state index contributed by atoms with van der Waals surface area (Å²) >= 11 is 4.54. The standard InChI is InChI=1S/C16H19F3N4S/c1-4-9-7-11(10-5-6-10)13(24)8-12(9)23-15(22(2)3)20-14(21-23)16(17,18)19/h7-8,10,24H,4-6H2,1-3H3. The zero-order valence-electron chi connectivity index (χ0n) is 13.7. The van der Waals surface area contributed by atoms with Gasteiger partial charge in [0, 0.05) is 19.0 Å². The molecule has 1 aromatic carbocycles. The van der Waals surface area contributed by atoms with Crippen molar-refractivity contribution in [2.75, 3.05) is 19.0 Å². The lowest BCUT2D eigenvalue weighted by molar-refractivity contribution is -0.144. The normalized spacial score (nSPS) is 15.0. The van der Waals surface area contributed by atoms with Crippen molar-refractivity contribution in [1.29, 1.82) is 0 Å². The minimum absolute atomic E-state index is 0.143. The first-order valence-electron chi connectivity index (χ1n) is 7.80. The second kappa shape index (κ2) is 5.98. The van der Waals surface area contributed by atoms with E-state index in [1.54, 1.807) is 20.2 Å². The number of aromatic nitrogens is 3. The molecule has 0 atom stereocenters. The van der Waals surface area contributed by atoms with Crippen LogP contribution in [0.2, 0.25) is 0 Å². The number of rotatable bonds is 4. The second-order valence-electron chi connectivity index (χ2n) is 6.21. The molecule has 24 heavy (non-hydrogen) atoms. The summed E-state index contributed by atoms with van der Waals surface area (Å²) in [6.45, 7) is 1.98. The highest BCUT2D eigenvalue weighted by Crippen LogP contribution is 2.44. The summed E-state index contributed by atoms with van der Waals surface area (Å²) in [4.78, 5) is 5.97. The predicted molar refractivity (Wildman–Crippen MR) is 89.3 cm³/mol. The van der Waals surface area contributed by atoms with E-state index in [0.29, 0.717) is 18.0 Å². The van der Waals surface area contributed by atoms with Gasteiger partial charge in [0.2, 0.25) is 5.95 Å². The molecule has 8 heteroatoms. The molecule has 0 aliphatic heterocycles. The van der Waals surface area contributed by atoms with Crippen molar-refractivity contribution in [3.63, 3.8) is 0 Å².